The average molecular weight is 337 g/mol. The lowest BCUT2D eigenvalue weighted by Gasteiger charge is -2.36. The minimum Gasteiger partial charge on any atom is -0.423 e. The maximum atomic E-state index is 13.9. The van der Waals surface area contributed by atoms with Gasteiger partial charge in [0, 0.05) is 5.56 Å². The van der Waals surface area contributed by atoms with Gasteiger partial charge < -0.3 is 4.74 Å². The molecule has 1 amide bonds. The van der Waals surface area contributed by atoms with Crippen LogP contribution in [-0.2, 0) is 4.79 Å². The lowest BCUT2D eigenvalue weighted by molar-refractivity contribution is -0.193. The topological polar surface area (TPSA) is 72.4 Å². The SMILES string of the molecule is CC(c1ncc(F)cn1)N1C(=O)C(F)(F)Oc2cc(C=O)ccc21. The largest absolute Gasteiger partial charge is 0.483 e. The molecule has 0 saturated carbocycles. The van der Waals surface area contributed by atoms with Gasteiger partial charge in [-0.05, 0) is 25.1 Å². The number of amides is 1. The molecule has 1 aliphatic heterocycles. The van der Waals surface area contributed by atoms with Crippen LogP contribution in [0.2, 0.25) is 0 Å². The quantitative estimate of drug-likeness (QED) is 0.805. The van der Waals surface area contributed by atoms with E-state index in [1.165, 1.54) is 19.1 Å². The van der Waals surface area contributed by atoms with Crippen molar-refractivity contribution in [3.8, 4) is 5.75 Å². The number of carbonyl (C=O) groups is 2. The number of aldehydes is 1. The van der Waals surface area contributed by atoms with Crippen molar-refractivity contribution >= 4 is 17.9 Å². The zero-order valence-electron chi connectivity index (χ0n) is 12.2. The molecule has 6 nitrogen and oxygen atoms in total. The molecular formula is C15H10F3N3O3. The summed E-state index contributed by atoms with van der Waals surface area (Å²) in [4.78, 5) is 31.1. The Morgan fingerprint density at radius 3 is 2.58 bits per heavy atom. The summed E-state index contributed by atoms with van der Waals surface area (Å²) in [6.45, 7) is 1.42. The van der Waals surface area contributed by atoms with Crippen LogP contribution in [0.3, 0.4) is 0 Å². The molecule has 0 fully saturated rings. The highest BCUT2D eigenvalue weighted by molar-refractivity contribution is 6.01. The second-order valence-electron chi connectivity index (χ2n) is 5.07. The summed E-state index contributed by atoms with van der Waals surface area (Å²) in [5.74, 6) is -2.64. The number of hydrogen-bond donors (Lipinski definition) is 0. The average Bonchev–Trinajstić information content (AvgIpc) is 2.55. The Hall–Kier alpha value is -2.97. The molecule has 0 saturated heterocycles. The second-order valence-corrected chi connectivity index (χ2v) is 5.07. The van der Waals surface area contributed by atoms with Crippen LogP contribution >= 0.6 is 0 Å². The minimum absolute atomic E-state index is 0.0205. The van der Waals surface area contributed by atoms with Gasteiger partial charge in [-0.3, -0.25) is 14.5 Å². The first-order chi connectivity index (χ1) is 11.3. The maximum absolute atomic E-state index is 13.9. The highest BCUT2D eigenvalue weighted by Gasteiger charge is 2.52. The molecule has 2 heterocycles. The van der Waals surface area contributed by atoms with Crippen LogP contribution in [0.1, 0.15) is 29.1 Å². The fraction of sp³-hybridized carbons (Fsp3) is 0.200. The maximum Gasteiger partial charge on any atom is 0.483 e. The van der Waals surface area contributed by atoms with Gasteiger partial charge in [0.05, 0.1) is 24.1 Å². The molecular weight excluding hydrogens is 327 g/mol. The number of fused-ring (bicyclic) bond motifs is 1. The van der Waals surface area contributed by atoms with Crippen LogP contribution in [-0.4, -0.2) is 28.3 Å². The van der Waals surface area contributed by atoms with Crippen molar-refractivity contribution in [3.63, 3.8) is 0 Å². The zero-order chi connectivity index (χ0) is 17.5. The van der Waals surface area contributed by atoms with Crippen molar-refractivity contribution in [3.05, 3.63) is 47.8 Å². The Bertz CT molecular complexity index is 811. The van der Waals surface area contributed by atoms with Crippen molar-refractivity contribution in [1.82, 2.24) is 9.97 Å². The van der Waals surface area contributed by atoms with Crippen LogP contribution in [0.5, 0.6) is 5.75 Å². The number of halogens is 3. The molecule has 0 radical (unpaired) electrons. The molecule has 1 aromatic carbocycles. The molecule has 9 heteroatoms. The van der Waals surface area contributed by atoms with E-state index in [4.69, 9.17) is 0 Å². The van der Waals surface area contributed by atoms with Crippen LogP contribution < -0.4 is 9.64 Å². The van der Waals surface area contributed by atoms with Gasteiger partial charge in [0.1, 0.15) is 6.29 Å². The third kappa shape index (κ3) is 2.57. The van der Waals surface area contributed by atoms with E-state index in [1.54, 1.807) is 0 Å². The molecule has 124 valence electrons. The lowest BCUT2D eigenvalue weighted by Crippen LogP contribution is -2.51. The van der Waals surface area contributed by atoms with E-state index in [9.17, 15) is 22.8 Å². The summed E-state index contributed by atoms with van der Waals surface area (Å²) in [6, 6.07) is 2.77. The van der Waals surface area contributed by atoms with Crippen molar-refractivity contribution < 1.29 is 27.5 Å². The Morgan fingerprint density at radius 1 is 1.29 bits per heavy atom. The molecule has 1 unspecified atom stereocenters. The lowest BCUT2D eigenvalue weighted by atomic mass is 10.1. The molecule has 2 aromatic rings. The highest BCUT2D eigenvalue weighted by Crippen LogP contribution is 2.43. The van der Waals surface area contributed by atoms with Gasteiger partial charge in [-0.25, -0.2) is 14.4 Å². The van der Waals surface area contributed by atoms with Crippen LogP contribution in [0, 0.1) is 5.82 Å². The Kier molecular flexibility index (Phi) is 3.70. The van der Waals surface area contributed by atoms with Gasteiger partial charge in [0.15, 0.2) is 17.4 Å². The molecule has 0 N–H and O–H groups in total. The van der Waals surface area contributed by atoms with E-state index in [0.717, 1.165) is 23.4 Å². The first kappa shape index (κ1) is 15.9. The van der Waals surface area contributed by atoms with Crippen molar-refractivity contribution in [2.75, 3.05) is 4.90 Å². The van der Waals surface area contributed by atoms with Crippen molar-refractivity contribution in [2.24, 2.45) is 0 Å². The molecule has 1 atom stereocenters. The van der Waals surface area contributed by atoms with Gasteiger partial charge >= 0.3 is 12.0 Å². The summed E-state index contributed by atoms with van der Waals surface area (Å²) in [7, 11) is 0. The molecule has 0 spiro atoms. The van der Waals surface area contributed by atoms with Gasteiger partial charge in [-0.1, -0.05) is 0 Å². The normalized spacial score (nSPS) is 17.0. The molecule has 0 bridgehead atoms. The van der Waals surface area contributed by atoms with Crippen LogP contribution in [0.25, 0.3) is 0 Å². The number of anilines is 1. The highest BCUT2D eigenvalue weighted by atomic mass is 19.3. The van der Waals surface area contributed by atoms with E-state index in [1.807, 2.05) is 0 Å². The van der Waals surface area contributed by atoms with E-state index in [0.29, 0.717) is 6.29 Å². The molecule has 24 heavy (non-hydrogen) atoms. The van der Waals surface area contributed by atoms with Gasteiger partial charge in [0.2, 0.25) is 0 Å². The summed E-state index contributed by atoms with van der Waals surface area (Å²) >= 11 is 0. The van der Waals surface area contributed by atoms with E-state index in [2.05, 4.69) is 14.7 Å². The van der Waals surface area contributed by atoms with Crippen molar-refractivity contribution in [2.45, 2.75) is 19.1 Å². The molecule has 3 rings (SSSR count). The van der Waals surface area contributed by atoms with Gasteiger partial charge in [0.25, 0.3) is 0 Å². The van der Waals surface area contributed by atoms with Gasteiger partial charge in [-0.2, -0.15) is 8.78 Å². The predicted molar refractivity (Wildman–Crippen MR) is 75.3 cm³/mol. The number of ether oxygens (including phenoxy) is 1. The number of carbonyl (C=O) groups excluding carboxylic acids is 2. The first-order valence-electron chi connectivity index (χ1n) is 6.80. The number of benzene rings is 1. The van der Waals surface area contributed by atoms with E-state index >= 15 is 0 Å². The Morgan fingerprint density at radius 2 is 1.96 bits per heavy atom. The van der Waals surface area contributed by atoms with E-state index < -0.39 is 23.9 Å². The monoisotopic (exact) mass is 337 g/mol. The Balaban J connectivity index is 2.10. The minimum atomic E-state index is -4.11. The third-order valence-corrected chi connectivity index (χ3v) is 3.49. The van der Waals surface area contributed by atoms with Crippen LogP contribution in [0.4, 0.5) is 18.9 Å². The van der Waals surface area contributed by atoms with E-state index in [-0.39, 0.29) is 22.8 Å². The fourth-order valence-corrected chi connectivity index (χ4v) is 2.35. The Labute approximate surface area is 133 Å². The number of alkyl halides is 2. The standard InChI is InChI=1S/C15H10F3N3O3/c1-8(13-19-5-10(16)6-20-13)21-11-3-2-9(7-22)4-12(11)24-15(17,18)14(21)23/h2-8H,1H3. The zero-order valence-corrected chi connectivity index (χ0v) is 12.2. The fourth-order valence-electron chi connectivity index (χ4n) is 2.35. The van der Waals surface area contributed by atoms with Crippen molar-refractivity contribution in [1.29, 1.82) is 0 Å². The molecule has 1 aliphatic rings. The smallest absolute Gasteiger partial charge is 0.423 e. The molecule has 1 aromatic heterocycles. The third-order valence-electron chi connectivity index (χ3n) is 3.49. The summed E-state index contributed by atoms with van der Waals surface area (Å²) in [5.41, 5.74) is 0.154. The summed E-state index contributed by atoms with van der Waals surface area (Å²) < 4.78 is 45.2. The number of aromatic nitrogens is 2. The predicted octanol–water partition coefficient (Wildman–Crippen LogP) is 2.51. The summed E-state index contributed by atoms with van der Waals surface area (Å²) in [5, 5.41) is 0. The number of hydrogen-bond acceptors (Lipinski definition) is 5. The number of nitrogens with zero attached hydrogens (tertiary/aromatic N) is 3. The first-order valence-corrected chi connectivity index (χ1v) is 6.80. The number of rotatable bonds is 3. The van der Waals surface area contributed by atoms with Crippen LogP contribution in [0.15, 0.2) is 30.6 Å². The second kappa shape index (κ2) is 5.59. The van der Waals surface area contributed by atoms with Gasteiger partial charge in [-0.15, -0.1) is 0 Å². The summed E-state index contributed by atoms with van der Waals surface area (Å²) in [6.07, 6.45) is -1.89. The molecule has 0 aliphatic carbocycles.